The van der Waals surface area contributed by atoms with Crippen molar-refractivity contribution in [1.82, 2.24) is 0 Å². The molecule has 0 radical (unpaired) electrons. The van der Waals surface area contributed by atoms with Gasteiger partial charge in [-0.25, -0.2) is 4.39 Å². The number of hydrogen-bond acceptors (Lipinski definition) is 4. The van der Waals surface area contributed by atoms with Crippen LogP contribution < -0.4 is 15.4 Å². The molecule has 0 atom stereocenters. The fraction of sp³-hybridized carbons (Fsp3) is 0.0833. The van der Waals surface area contributed by atoms with Crippen molar-refractivity contribution in [2.45, 2.75) is 6.92 Å². The number of carbonyl (C=O) groups is 2. The molecule has 0 spiro atoms. The number of rotatable bonds is 6. The zero-order valence-electron chi connectivity index (χ0n) is 16.6. The Balaban J connectivity index is 1.56. The lowest BCUT2D eigenvalue weighted by Crippen LogP contribution is -2.22. The molecular weight excluding hydrogens is 399 g/mol. The maximum atomic E-state index is 13.7. The van der Waals surface area contributed by atoms with Crippen LogP contribution in [0.5, 0.6) is 5.75 Å². The first kappa shape index (κ1) is 20.2. The number of nitrogens with one attached hydrogen (secondary N) is 2. The molecule has 6 nitrogen and oxygen atoms in total. The van der Waals surface area contributed by atoms with Crippen molar-refractivity contribution in [2.75, 3.05) is 17.2 Å². The van der Waals surface area contributed by atoms with E-state index in [1.54, 1.807) is 42.5 Å². The Kier molecular flexibility index (Phi) is 5.66. The predicted octanol–water partition coefficient (Wildman–Crippen LogP) is 5.15. The quantitative estimate of drug-likeness (QED) is 0.454. The molecule has 2 amide bonds. The molecule has 31 heavy (non-hydrogen) atoms. The second-order valence-corrected chi connectivity index (χ2v) is 6.89. The molecule has 0 aliphatic rings. The molecule has 7 heteroatoms. The maximum Gasteiger partial charge on any atom is 0.293 e. The van der Waals surface area contributed by atoms with E-state index in [4.69, 9.17) is 9.15 Å². The zero-order chi connectivity index (χ0) is 21.8. The zero-order valence-corrected chi connectivity index (χ0v) is 16.6. The van der Waals surface area contributed by atoms with Crippen molar-refractivity contribution in [2.24, 2.45) is 0 Å². The SMILES string of the molecule is Cc1ccc(NC(=O)c2oc3ccccc3c2NC(=O)COc2ccccc2F)cc1. The summed E-state index contributed by atoms with van der Waals surface area (Å²) in [5.41, 5.74) is 2.32. The van der Waals surface area contributed by atoms with Gasteiger partial charge in [0.15, 0.2) is 18.2 Å². The minimum Gasteiger partial charge on any atom is -0.481 e. The largest absolute Gasteiger partial charge is 0.481 e. The highest BCUT2D eigenvalue weighted by molar-refractivity contribution is 6.14. The highest BCUT2D eigenvalue weighted by atomic mass is 19.1. The van der Waals surface area contributed by atoms with Crippen LogP contribution in [0.2, 0.25) is 0 Å². The molecule has 1 aromatic heterocycles. The molecule has 4 aromatic rings. The monoisotopic (exact) mass is 418 g/mol. The van der Waals surface area contributed by atoms with Gasteiger partial charge in [0, 0.05) is 11.1 Å². The lowest BCUT2D eigenvalue weighted by Gasteiger charge is -2.09. The molecule has 156 valence electrons. The van der Waals surface area contributed by atoms with Crippen LogP contribution in [0.25, 0.3) is 11.0 Å². The number of hydrogen-bond donors (Lipinski definition) is 2. The van der Waals surface area contributed by atoms with E-state index >= 15 is 0 Å². The van der Waals surface area contributed by atoms with Crippen LogP contribution in [0.3, 0.4) is 0 Å². The summed E-state index contributed by atoms with van der Waals surface area (Å²) in [7, 11) is 0. The van der Waals surface area contributed by atoms with Gasteiger partial charge in [0.2, 0.25) is 5.76 Å². The van der Waals surface area contributed by atoms with Crippen molar-refractivity contribution in [3.63, 3.8) is 0 Å². The Morgan fingerprint density at radius 2 is 1.65 bits per heavy atom. The van der Waals surface area contributed by atoms with E-state index < -0.39 is 24.2 Å². The predicted molar refractivity (Wildman–Crippen MR) is 116 cm³/mol. The topological polar surface area (TPSA) is 80.6 Å². The van der Waals surface area contributed by atoms with E-state index in [0.29, 0.717) is 16.7 Å². The Labute approximate surface area is 177 Å². The highest BCUT2D eigenvalue weighted by Crippen LogP contribution is 2.31. The summed E-state index contributed by atoms with van der Waals surface area (Å²) in [6.07, 6.45) is 0. The number of furan rings is 1. The van der Waals surface area contributed by atoms with Crippen LogP contribution in [0.4, 0.5) is 15.8 Å². The number of para-hydroxylation sites is 2. The van der Waals surface area contributed by atoms with E-state index in [1.165, 1.54) is 18.2 Å². The minimum absolute atomic E-state index is 0.0351. The smallest absolute Gasteiger partial charge is 0.293 e. The van der Waals surface area contributed by atoms with Crippen molar-refractivity contribution in [3.8, 4) is 5.75 Å². The third-order valence-electron chi connectivity index (χ3n) is 4.57. The minimum atomic E-state index is -0.567. The third-order valence-corrected chi connectivity index (χ3v) is 4.57. The van der Waals surface area contributed by atoms with Gasteiger partial charge in [-0.05, 0) is 43.3 Å². The van der Waals surface area contributed by atoms with Gasteiger partial charge >= 0.3 is 0 Å². The molecule has 0 saturated carbocycles. The van der Waals surface area contributed by atoms with Crippen LogP contribution in [0, 0.1) is 12.7 Å². The summed E-state index contributed by atoms with van der Waals surface area (Å²) in [5.74, 6) is -1.71. The Morgan fingerprint density at radius 1 is 0.935 bits per heavy atom. The van der Waals surface area contributed by atoms with Gasteiger partial charge in [0.05, 0.1) is 0 Å². The van der Waals surface area contributed by atoms with Gasteiger partial charge in [-0.1, -0.05) is 42.0 Å². The van der Waals surface area contributed by atoms with Crippen molar-refractivity contribution < 1.29 is 23.1 Å². The van der Waals surface area contributed by atoms with E-state index in [0.717, 1.165) is 5.56 Å². The number of amides is 2. The summed E-state index contributed by atoms with van der Waals surface area (Å²) in [6.45, 7) is 1.52. The van der Waals surface area contributed by atoms with Crippen molar-refractivity contribution >= 4 is 34.2 Å². The number of anilines is 2. The molecule has 0 aliphatic carbocycles. The van der Waals surface area contributed by atoms with E-state index in [2.05, 4.69) is 10.6 Å². The van der Waals surface area contributed by atoms with Gasteiger partial charge in [-0.15, -0.1) is 0 Å². The average molecular weight is 418 g/mol. The van der Waals surface area contributed by atoms with Crippen LogP contribution in [0.1, 0.15) is 16.1 Å². The van der Waals surface area contributed by atoms with Crippen LogP contribution in [-0.2, 0) is 4.79 Å². The average Bonchev–Trinajstić information content (AvgIpc) is 3.13. The molecule has 0 aliphatic heterocycles. The van der Waals surface area contributed by atoms with E-state index in [1.807, 2.05) is 19.1 Å². The van der Waals surface area contributed by atoms with Crippen LogP contribution >= 0.6 is 0 Å². The van der Waals surface area contributed by atoms with Crippen LogP contribution in [0.15, 0.2) is 77.2 Å². The summed E-state index contributed by atoms with van der Waals surface area (Å²) < 4.78 is 24.7. The van der Waals surface area contributed by atoms with Crippen molar-refractivity contribution in [1.29, 1.82) is 0 Å². The molecular formula is C24H19FN2O4. The van der Waals surface area contributed by atoms with Gasteiger partial charge in [0.25, 0.3) is 11.8 Å². The lowest BCUT2D eigenvalue weighted by atomic mass is 10.2. The third kappa shape index (κ3) is 4.56. The van der Waals surface area contributed by atoms with Gasteiger partial charge in [0.1, 0.15) is 11.3 Å². The number of benzene rings is 3. The number of aryl methyl sites for hydroxylation is 1. The molecule has 0 bridgehead atoms. The second-order valence-electron chi connectivity index (χ2n) is 6.89. The molecule has 4 rings (SSSR count). The van der Waals surface area contributed by atoms with E-state index in [9.17, 15) is 14.0 Å². The summed E-state index contributed by atoms with van der Waals surface area (Å²) >= 11 is 0. The van der Waals surface area contributed by atoms with Crippen LogP contribution in [-0.4, -0.2) is 18.4 Å². The molecule has 0 saturated heterocycles. The lowest BCUT2D eigenvalue weighted by molar-refractivity contribution is -0.118. The van der Waals surface area contributed by atoms with Crippen molar-refractivity contribution in [3.05, 3.63) is 89.9 Å². The summed E-state index contributed by atoms with van der Waals surface area (Å²) in [6, 6.07) is 20.1. The molecule has 2 N–H and O–H groups in total. The normalized spacial score (nSPS) is 10.6. The maximum absolute atomic E-state index is 13.7. The Hall–Kier alpha value is -4.13. The van der Waals surface area contributed by atoms with E-state index in [-0.39, 0.29) is 17.2 Å². The van der Waals surface area contributed by atoms with Gasteiger partial charge in [-0.2, -0.15) is 0 Å². The molecule has 1 heterocycles. The first-order valence-electron chi connectivity index (χ1n) is 9.58. The number of halogens is 1. The summed E-state index contributed by atoms with van der Waals surface area (Å²) in [5, 5.41) is 5.98. The number of fused-ring (bicyclic) bond motifs is 1. The first-order valence-corrected chi connectivity index (χ1v) is 9.58. The fourth-order valence-corrected chi connectivity index (χ4v) is 3.03. The molecule has 0 fully saturated rings. The second kappa shape index (κ2) is 8.71. The Morgan fingerprint density at radius 3 is 2.42 bits per heavy atom. The Bertz CT molecular complexity index is 1250. The standard InChI is InChI=1S/C24H19FN2O4/c1-15-10-12-16(13-11-15)26-24(29)23-22(17-6-2-4-8-19(17)31-23)27-21(28)14-30-20-9-5-3-7-18(20)25/h2-13H,14H2,1H3,(H,26,29)(H,27,28). The molecule has 3 aromatic carbocycles. The van der Waals surface area contributed by atoms with Gasteiger partial charge in [-0.3, -0.25) is 9.59 Å². The van der Waals surface area contributed by atoms with Gasteiger partial charge < -0.3 is 19.8 Å². The highest BCUT2D eigenvalue weighted by Gasteiger charge is 2.22. The fourth-order valence-electron chi connectivity index (χ4n) is 3.03. The number of ether oxygens (including phenoxy) is 1. The number of carbonyl (C=O) groups excluding carboxylic acids is 2. The summed E-state index contributed by atoms with van der Waals surface area (Å²) in [4.78, 5) is 25.3. The first-order chi connectivity index (χ1) is 15.0. The molecule has 0 unspecified atom stereocenters.